The van der Waals surface area contributed by atoms with Gasteiger partial charge in [0.05, 0.1) is 15.7 Å². The largest absolute Gasteiger partial charge is 0.486 e. The molecule has 2 aromatic carbocycles. The van der Waals surface area contributed by atoms with Gasteiger partial charge < -0.3 is 19.3 Å². The van der Waals surface area contributed by atoms with E-state index in [0.717, 1.165) is 23.8 Å². The van der Waals surface area contributed by atoms with Crippen LogP contribution in [0.5, 0.6) is 11.5 Å². The summed E-state index contributed by atoms with van der Waals surface area (Å²) in [4.78, 5) is 16.9. The Balaban J connectivity index is 1.47. The number of rotatable bonds is 2. The van der Waals surface area contributed by atoms with Crippen LogP contribution in [0.4, 0.5) is 5.69 Å². The van der Waals surface area contributed by atoms with Crippen molar-refractivity contribution in [3.63, 3.8) is 0 Å². The van der Waals surface area contributed by atoms with E-state index < -0.39 is 0 Å². The summed E-state index contributed by atoms with van der Waals surface area (Å²) in [6.07, 6.45) is 0. The first-order chi connectivity index (χ1) is 12.6. The number of piperazine rings is 1. The first-order valence-electron chi connectivity index (χ1n) is 8.51. The van der Waals surface area contributed by atoms with Gasteiger partial charge in [0.2, 0.25) is 0 Å². The highest BCUT2D eigenvalue weighted by atomic mass is 35.5. The third-order valence-electron chi connectivity index (χ3n) is 4.60. The first-order valence-corrected chi connectivity index (χ1v) is 9.27. The smallest absolute Gasteiger partial charge is 0.254 e. The fourth-order valence-electron chi connectivity index (χ4n) is 3.28. The summed E-state index contributed by atoms with van der Waals surface area (Å²) < 4.78 is 11.1. The molecule has 0 unspecified atom stereocenters. The maximum Gasteiger partial charge on any atom is 0.254 e. The molecular formula is C19H18Cl2N2O3. The van der Waals surface area contributed by atoms with Gasteiger partial charge in [0.25, 0.3) is 5.91 Å². The van der Waals surface area contributed by atoms with Crippen molar-refractivity contribution in [3.05, 3.63) is 52.0 Å². The summed E-state index contributed by atoms with van der Waals surface area (Å²) in [7, 11) is 0. The van der Waals surface area contributed by atoms with Crippen LogP contribution in [0.2, 0.25) is 10.0 Å². The molecule has 1 amide bonds. The highest BCUT2D eigenvalue weighted by Crippen LogP contribution is 2.38. The Kier molecular flexibility index (Phi) is 4.83. The number of carbonyl (C=O) groups is 1. The molecule has 0 N–H and O–H groups in total. The van der Waals surface area contributed by atoms with Crippen molar-refractivity contribution >= 4 is 34.8 Å². The Bertz CT molecular complexity index is 836. The number of halogens is 2. The van der Waals surface area contributed by atoms with E-state index in [0.29, 0.717) is 48.4 Å². The first kappa shape index (κ1) is 17.3. The van der Waals surface area contributed by atoms with Gasteiger partial charge in [-0.3, -0.25) is 4.79 Å². The normalized spacial score (nSPS) is 16.5. The van der Waals surface area contributed by atoms with E-state index in [4.69, 9.17) is 32.7 Å². The molecule has 0 radical (unpaired) electrons. The van der Waals surface area contributed by atoms with Crippen LogP contribution in [-0.4, -0.2) is 50.2 Å². The molecule has 2 heterocycles. The number of hydrogen-bond donors (Lipinski definition) is 0. The number of ether oxygens (including phenoxy) is 2. The van der Waals surface area contributed by atoms with E-state index in [-0.39, 0.29) is 5.91 Å². The summed E-state index contributed by atoms with van der Waals surface area (Å²) in [6.45, 7) is 3.62. The minimum Gasteiger partial charge on any atom is -0.486 e. The van der Waals surface area contributed by atoms with Gasteiger partial charge in [0, 0.05) is 31.7 Å². The van der Waals surface area contributed by atoms with E-state index in [1.165, 1.54) is 0 Å². The molecule has 2 aromatic rings. The molecule has 7 heteroatoms. The Hall–Kier alpha value is -2.11. The van der Waals surface area contributed by atoms with Crippen molar-refractivity contribution in [1.82, 2.24) is 4.90 Å². The van der Waals surface area contributed by atoms with Crippen LogP contribution in [0, 0.1) is 0 Å². The van der Waals surface area contributed by atoms with E-state index >= 15 is 0 Å². The Morgan fingerprint density at radius 2 is 1.65 bits per heavy atom. The van der Waals surface area contributed by atoms with Crippen LogP contribution in [0.25, 0.3) is 0 Å². The molecule has 5 nitrogen and oxygen atoms in total. The number of anilines is 1. The number of fused-ring (bicyclic) bond motifs is 1. The second-order valence-electron chi connectivity index (χ2n) is 6.21. The van der Waals surface area contributed by atoms with Crippen molar-refractivity contribution < 1.29 is 14.3 Å². The van der Waals surface area contributed by atoms with Crippen LogP contribution in [-0.2, 0) is 0 Å². The van der Waals surface area contributed by atoms with Crippen LogP contribution in [0.15, 0.2) is 36.4 Å². The van der Waals surface area contributed by atoms with Crippen LogP contribution in [0.3, 0.4) is 0 Å². The monoisotopic (exact) mass is 392 g/mol. The minimum atomic E-state index is -0.0531. The topological polar surface area (TPSA) is 42.0 Å². The average Bonchev–Trinajstić information content (AvgIpc) is 2.68. The lowest BCUT2D eigenvalue weighted by molar-refractivity contribution is 0.0745. The summed E-state index contributed by atoms with van der Waals surface area (Å²) >= 11 is 12.5. The number of para-hydroxylation sites is 1. The van der Waals surface area contributed by atoms with Gasteiger partial charge in [-0.1, -0.05) is 35.3 Å². The number of hydrogen-bond acceptors (Lipinski definition) is 4. The van der Waals surface area contributed by atoms with E-state index in [1.807, 2.05) is 29.2 Å². The SMILES string of the molecule is O=C(c1cc(Cl)c2c(c1)OCCO2)N1CCN(c2ccccc2Cl)CC1. The highest BCUT2D eigenvalue weighted by Gasteiger charge is 2.26. The predicted molar refractivity (Wildman–Crippen MR) is 102 cm³/mol. The lowest BCUT2D eigenvalue weighted by Gasteiger charge is -2.36. The molecule has 0 aromatic heterocycles. The maximum atomic E-state index is 12.9. The standard InChI is InChI=1S/C19H18Cl2N2O3/c20-14-3-1-2-4-16(14)22-5-7-23(8-6-22)19(24)13-11-15(21)18-17(12-13)25-9-10-26-18/h1-4,11-12H,5-10H2. The third-order valence-corrected chi connectivity index (χ3v) is 5.20. The molecule has 1 fully saturated rings. The van der Waals surface area contributed by atoms with Crippen LogP contribution < -0.4 is 14.4 Å². The van der Waals surface area contributed by atoms with Crippen molar-refractivity contribution in [1.29, 1.82) is 0 Å². The molecule has 1 saturated heterocycles. The fourth-order valence-corrected chi connectivity index (χ4v) is 3.80. The molecule has 2 aliphatic rings. The molecule has 0 bridgehead atoms. The van der Waals surface area contributed by atoms with Gasteiger partial charge in [-0.05, 0) is 24.3 Å². The van der Waals surface area contributed by atoms with Gasteiger partial charge in [-0.25, -0.2) is 0 Å². The molecular weight excluding hydrogens is 375 g/mol. The molecule has 4 rings (SSSR count). The van der Waals surface area contributed by atoms with Gasteiger partial charge in [-0.15, -0.1) is 0 Å². The number of nitrogens with zero attached hydrogens (tertiary/aromatic N) is 2. The van der Waals surface area contributed by atoms with Gasteiger partial charge in [-0.2, -0.15) is 0 Å². The van der Waals surface area contributed by atoms with Gasteiger partial charge in [0.1, 0.15) is 13.2 Å². The molecule has 0 spiro atoms. The third kappa shape index (κ3) is 3.29. The summed E-state index contributed by atoms with van der Waals surface area (Å²) in [6, 6.07) is 11.1. The zero-order valence-electron chi connectivity index (χ0n) is 14.1. The minimum absolute atomic E-state index is 0.0531. The fraction of sp³-hybridized carbons (Fsp3) is 0.316. The zero-order valence-corrected chi connectivity index (χ0v) is 15.6. The number of amides is 1. The van der Waals surface area contributed by atoms with Crippen molar-refractivity contribution in [3.8, 4) is 11.5 Å². The quantitative estimate of drug-likeness (QED) is 0.780. The molecule has 0 atom stereocenters. The van der Waals surface area contributed by atoms with E-state index in [9.17, 15) is 4.79 Å². The maximum absolute atomic E-state index is 12.9. The van der Waals surface area contributed by atoms with Gasteiger partial charge >= 0.3 is 0 Å². The lowest BCUT2D eigenvalue weighted by atomic mass is 10.1. The Morgan fingerprint density at radius 3 is 2.42 bits per heavy atom. The summed E-state index contributed by atoms with van der Waals surface area (Å²) in [5.41, 5.74) is 1.52. The summed E-state index contributed by atoms with van der Waals surface area (Å²) in [5.74, 6) is 0.988. The van der Waals surface area contributed by atoms with Crippen molar-refractivity contribution in [2.45, 2.75) is 0 Å². The zero-order chi connectivity index (χ0) is 18.1. The number of benzene rings is 2. The second kappa shape index (κ2) is 7.25. The molecule has 26 heavy (non-hydrogen) atoms. The molecule has 2 aliphatic heterocycles. The second-order valence-corrected chi connectivity index (χ2v) is 7.03. The summed E-state index contributed by atoms with van der Waals surface area (Å²) in [5, 5.41) is 1.13. The predicted octanol–water partition coefficient (Wildman–Crippen LogP) is 3.73. The Morgan fingerprint density at radius 1 is 0.923 bits per heavy atom. The van der Waals surface area contributed by atoms with Crippen LogP contribution in [0.1, 0.15) is 10.4 Å². The van der Waals surface area contributed by atoms with E-state index in [2.05, 4.69) is 4.90 Å². The lowest BCUT2D eigenvalue weighted by Crippen LogP contribution is -2.48. The van der Waals surface area contributed by atoms with Crippen molar-refractivity contribution in [2.24, 2.45) is 0 Å². The van der Waals surface area contributed by atoms with Gasteiger partial charge in [0.15, 0.2) is 11.5 Å². The average molecular weight is 393 g/mol. The molecule has 0 saturated carbocycles. The molecule has 0 aliphatic carbocycles. The van der Waals surface area contributed by atoms with Crippen LogP contribution >= 0.6 is 23.2 Å². The number of carbonyl (C=O) groups excluding carboxylic acids is 1. The van der Waals surface area contributed by atoms with E-state index in [1.54, 1.807) is 12.1 Å². The van der Waals surface area contributed by atoms with Crippen molar-refractivity contribution in [2.75, 3.05) is 44.3 Å². The Labute approximate surface area is 162 Å². The highest BCUT2D eigenvalue weighted by molar-refractivity contribution is 6.33. The molecule has 136 valence electrons.